The predicted molar refractivity (Wildman–Crippen MR) is 193 cm³/mol. The number of H-pyrrole nitrogens is 1. The molecule has 13 heteroatoms. The summed E-state index contributed by atoms with van der Waals surface area (Å²) in [5.41, 5.74) is 2.55. The number of allylic oxidation sites excluding steroid dienone is 1. The monoisotopic (exact) mass is 694 g/mol. The van der Waals surface area contributed by atoms with Gasteiger partial charge in [-0.15, -0.1) is 6.58 Å². The average molecular weight is 695 g/mol. The second-order valence-corrected chi connectivity index (χ2v) is 13.7. The number of carbonyl (C=O) groups is 3. The van der Waals surface area contributed by atoms with E-state index in [4.69, 9.17) is 9.47 Å². The number of aryl methyl sites for hydroxylation is 2. The summed E-state index contributed by atoms with van der Waals surface area (Å²) in [6, 6.07) is 7.06. The molecule has 0 bridgehead atoms. The quantitative estimate of drug-likeness (QED) is 0.0935. The maximum Gasteiger partial charge on any atom is 0.252 e. The van der Waals surface area contributed by atoms with Crippen LogP contribution in [0.25, 0.3) is 16.7 Å². The number of aromatic nitrogens is 3. The van der Waals surface area contributed by atoms with E-state index in [1.807, 2.05) is 38.3 Å². The van der Waals surface area contributed by atoms with Gasteiger partial charge < -0.3 is 29.4 Å². The molecule has 49 heavy (non-hydrogen) atoms. The molecule has 3 heterocycles. The lowest BCUT2D eigenvalue weighted by molar-refractivity contribution is -0.147. The van der Waals surface area contributed by atoms with Gasteiger partial charge >= 0.3 is 0 Å². The number of methoxy groups -OCH3 is 1. The lowest BCUT2D eigenvalue weighted by Gasteiger charge is -2.26. The maximum atomic E-state index is 12.5. The molecule has 2 atom stereocenters. The molecule has 3 aromatic rings. The molecule has 3 aliphatic rings. The highest BCUT2D eigenvalue weighted by atomic mass is 32.2. The maximum absolute atomic E-state index is 12.5. The molecule has 266 valence electrons. The van der Waals surface area contributed by atoms with E-state index in [0.717, 1.165) is 79.1 Å². The van der Waals surface area contributed by atoms with Crippen LogP contribution >= 0.6 is 11.9 Å². The van der Waals surface area contributed by atoms with E-state index in [-0.39, 0.29) is 23.3 Å². The van der Waals surface area contributed by atoms with Crippen molar-refractivity contribution >= 4 is 41.1 Å². The molecule has 3 N–H and O–H groups in total. The Morgan fingerprint density at radius 3 is 2.57 bits per heavy atom. The van der Waals surface area contributed by atoms with Crippen molar-refractivity contribution in [1.29, 1.82) is 0 Å². The number of unbranched alkanes of at least 4 members (excludes halogenated alkanes) is 2. The summed E-state index contributed by atoms with van der Waals surface area (Å²) in [5, 5.41) is 8.70. The highest BCUT2D eigenvalue weighted by Gasteiger charge is 2.38. The molecule has 0 spiro atoms. The van der Waals surface area contributed by atoms with Gasteiger partial charge in [-0.25, -0.2) is 4.68 Å². The number of amides is 3. The summed E-state index contributed by atoms with van der Waals surface area (Å²) >= 11 is 1.52. The zero-order valence-corrected chi connectivity index (χ0v) is 29.9. The minimum atomic E-state index is -0.474. The summed E-state index contributed by atoms with van der Waals surface area (Å²) in [7, 11) is 1.62. The zero-order valence-electron chi connectivity index (χ0n) is 29.0. The first-order valence-corrected chi connectivity index (χ1v) is 18.0. The van der Waals surface area contributed by atoms with Crippen molar-refractivity contribution in [3.63, 3.8) is 0 Å². The zero-order chi connectivity index (χ0) is 35.3. The van der Waals surface area contributed by atoms with E-state index in [0.29, 0.717) is 30.4 Å². The first-order valence-electron chi connectivity index (χ1n) is 17.1. The number of hydrogen-bond acceptors (Lipinski definition) is 8. The van der Waals surface area contributed by atoms with E-state index >= 15 is 0 Å². The fourth-order valence-electron chi connectivity index (χ4n) is 5.41. The molecule has 2 aliphatic carbocycles. The largest absolute Gasteiger partial charge is 0.496 e. The van der Waals surface area contributed by atoms with Crippen LogP contribution in [0.2, 0.25) is 0 Å². The Kier molecular flexibility index (Phi) is 14.3. The summed E-state index contributed by atoms with van der Waals surface area (Å²) < 4.78 is 15.1. The number of carbonyl (C=O) groups excluding carboxylic acids is 3. The number of benzene rings is 1. The molecule has 1 aromatic carbocycles. The van der Waals surface area contributed by atoms with Gasteiger partial charge in [0.15, 0.2) is 5.43 Å². The molecule has 3 amide bonds. The number of ether oxygens (including phenoxy) is 2. The molecule has 12 nitrogen and oxygen atoms in total. The lowest BCUT2D eigenvalue weighted by Crippen LogP contribution is -2.49. The summed E-state index contributed by atoms with van der Waals surface area (Å²) in [6.45, 7) is 10.5. The molecule has 2 aromatic heterocycles. The van der Waals surface area contributed by atoms with Gasteiger partial charge in [-0.05, 0) is 109 Å². The minimum Gasteiger partial charge on any atom is -0.496 e. The van der Waals surface area contributed by atoms with Crippen molar-refractivity contribution in [2.24, 2.45) is 0 Å². The molecular formula is C36H50N6O6S. The minimum absolute atomic E-state index is 0.00605. The van der Waals surface area contributed by atoms with Crippen LogP contribution in [0.4, 0.5) is 0 Å². The molecule has 3 fully saturated rings. The Bertz CT molecular complexity index is 1630. The highest BCUT2D eigenvalue weighted by molar-refractivity contribution is 7.98. The standard InChI is InChI=1S/C17H28N2O3.C15H15N3O2.C4H7NOS/c1-3-4-5-6-12-22-13(2)17(21)19-11-7-8-15(19)16(20)18-14-9-10-14;1-9-6-7-18(17-9)14-8-12(19)11-4-5-13(20-3)10(2)15(11)16-14;6-3-5-7-4-1-2-4/h3,13-15H,1,4-12H2,2H3,(H,18,20);4-8H,1-3H3,(H,16,19);3-4H,1-2H2,(H,5,6)/t13-,15?;;/m1../s1. The normalized spacial score (nSPS) is 17.2. The van der Waals surface area contributed by atoms with Crippen LogP contribution in [0.1, 0.15) is 76.0 Å². The van der Waals surface area contributed by atoms with Gasteiger partial charge in [0.25, 0.3) is 5.91 Å². The Labute approximate surface area is 292 Å². The highest BCUT2D eigenvalue weighted by Crippen LogP contribution is 2.31. The van der Waals surface area contributed by atoms with Gasteiger partial charge in [0.05, 0.1) is 18.3 Å². The van der Waals surface area contributed by atoms with Crippen molar-refractivity contribution in [3.8, 4) is 11.6 Å². The number of likely N-dealkylation sites (tertiary alicyclic amines) is 1. The number of pyridine rings is 1. The van der Waals surface area contributed by atoms with E-state index in [1.54, 1.807) is 35.7 Å². The molecule has 6 rings (SSSR count). The van der Waals surface area contributed by atoms with Crippen LogP contribution in [0.3, 0.4) is 0 Å². The van der Waals surface area contributed by atoms with E-state index < -0.39 is 6.10 Å². The van der Waals surface area contributed by atoms with Crippen molar-refractivity contribution in [2.75, 3.05) is 20.3 Å². The van der Waals surface area contributed by atoms with Gasteiger partial charge in [0.1, 0.15) is 23.7 Å². The third-order valence-electron chi connectivity index (χ3n) is 8.48. The smallest absolute Gasteiger partial charge is 0.252 e. The molecule has 0 radical (unpaired) electrons. The third kappa shape index (κ3) is 11.2. The number of fused-ring (bicyclic) bond motifs is 1. The van der Waals surface area contributed by atoms with Crippen molar-refractivity contribution in [2.45, 2.75) is 102 Å². The molecule has 1 unspecified atom stereocenters. The number of aromatic amines is 1. The van der Waals surface area contributed by atoms with Crippen LogP contribution in [0.5, 0.6) is 5.75 Å². The van der Waals surface area contributed by atoms with Gasteiger partial charge in [-0.2, -0.15) is 5.10 Å². The first-order chi connectivity index (χ1) is 23.7. The summed E-state index contributed by atoms with van der Waals surface area (Å²) in [5.74, 6) is 1.34. The van der Waals surface area contributed by atoms with E-state index in [2.05, 4.69) is 26.7 Å². The fourth-order valence-corrected chi connectivity index (χ4v) is 6.03. The van der Waals surface area contributed by atoms with Crippen LogP contribution in [0, 0.1) is 13.8 Å². The lowest BCUT2D eigenvalue weighted by atomic mass is 10.1. The van der Waals surface area contributed by atoms with Crippen LogP contribution in [0.15, 0.2) is 47.9 Å². The molecule has 1 aliphatic heterocycles. The van der Waals surface area contributed by atoms with Crippen LogP contribution in [-0.4, -0.2) is 81.6 Å². The summed E-state index contributed by atoms with van der Waals surface area (Å²) in [4.78, 5) is 51.5. The number of rotatable bonds is 14. The number of hydrogen-bond donors (Lipinski definition) is 3. The third-order valence-corrected chi connectivity index (χ3v) is 9.52. The number of nitrogens with zero attached hydrogens (tertiary/aromatic N) is 3. The van der Waals surface area contributed by atoms with E-state index in [1.165, 1.54) is 24.8 Å². The van der Waals surface area contributed by atoms with Gasteiger partial charge in [0.2, 0.25) is 12.3 Å². The van der Waals surface area contributed by atoms with Crippen molar-refractivity contribution in [3.05, 3.63) is 64.6 Å². The van der Waals surface area contributed by atoms with Gasteiger partial charge in [-0.3, -0.25) is 19.2 Å². The Morgan fingerprint density at radius 1 is 1.16 bits per heavy atom. The summed E-state index contributed by atoms with van der Waals surface area (Å²) in [6.07, 6.45) is 13.2. The van der Waals surface area contributed by atoms with Crippen molar-refractivity contribution < 1.29 is 23.9 Å². The van der Waals surface area contributed by atoms with Gasteiger partial charge in [0, 0.05) is 47.7 Å². The Hall–Kier alpha value is -4.10. The Morgan fingerprint density at radius 2 is 1.94 bits per heavy atom. The average Bonchev–Trinajstić information content (AvgIpc) is 4.01. The first kappa shape index (κ1) is 37.7. The second kappa shape index (κ2) is 18.6. The number of nitrogens with one attached hydrogen (secondary N) is 3. The van der Waals surface area contributed by atoms with E-state index in [9.17, 15) is 19.2 Å². The molecular weight excluding hydrogens is 644 g/mol. The SMILES string of the molecule is C=CCCCCO[C@H](C)C(=O)N1CCCC1C(=O)NC1CC1.COc1ccc2c(=O)cc(-n3ccc(C)n3)[nH]c2c1C.O=CNSC1CC1. The second-order valence-electron chi connectivity index (χ2n) is 12.6. The topological polar surface area (TPSA) is 148 Å². The fraction of sp³-hybridized carbons (Fsp3) is 0.528. The van der Waals surface area contributed by atoms with Gasteiger partial charge in [-0.1, -0.05) is 6.08 Å². The molecule has 2 saturated carbocycles. The molecule has 1 saturated heterocycles. The van der Waals surface area contributed by atoms with Crippen LogP contribution in [-0.2, 0) is 19.1 Å². The van der Waals surface area contributed by atoms with Crippen molar-refractivity contribution in [1.82, 2.24) is 29.7 Å². The van der Waals surface area contributed by atoms with Crippen LogP contribution < -0.4 is 20.2 Å². The Balaban J connectivity index is 0.000000185. The predicted octanol–water partition coefficient (Wildman–Crippen LogP) is 4.90.